The minimum atomic E-state index is -0.406. The highest BCUT2D eigenvalue weighted by molar-refractivity contribution is 5.79. The third-order valence-corrected chi connectivity index (χ3v) is 5.53. The normalized spacial score (nSPS) is 13.4. The van der Waals surface area contributed by atoms with E-state index in [0.29, 0.717) is 12.4 Å². The van der Waals surface area contributed by atoms with Crippen LogP contribution < -0.4 is 26.0 Å². The van der Waals surface area contributed by atoms with E-state index in [4.69, 9.17) is 15.2 Å². The molecule has 0 spiro atoms. The molecule has 1 amide bonds. The summed E-state index contributed by atoms with van der Waals surface area (Å²) in [5.41, 5.74) is 10.1. The number of morpholine rings is 1. The number of amides is 1. The molecule has 1 fully saturated rings. The molecule has 0 aliphatic carbocycles. The van der Waals surface area contributed by atoms with E-state index < -0.39 is 5.91 Å². The second kappa shape index (κ2) is 10.7. The molecule has 8 nitrogen and oxygen atoms in total. The number of aromatic nitrogens is 1. The summed E-state index contributed by atoms with van der Waals surface area (Å²) in [6.45, 7) is 3.85. The molecule has 1 saturated heterocycles. The summed E-state index contributed by atoms with van der Waals surface area (Å²) in [6, 6.07) is 18.0. The molecule has 1 aliphatic rings. The molecule has 0 unspecified atom stereocenters. The molecule has 0 atom stereocenters. The van der Waals surface area contributed by atoms with Crippen LogP contribution in [0.15, 0.2) is 60.8 Å². The van der Waals surface area contributed by atoms with Crippen LogP contribution in [0.1, 0.15) is 11.1 Å². The number of anilines is 4. The molecule has 1 aliphatic heterocycles. The molecule has 3 aromatic rings. The number of benzene rings is 2. The number of pyridine rings is 1. The van der Waals surface area contributed by atoms with Crippen molar-refractivity contribution in [2.24, 2.45) is 5.73 Å². The van der Waals surface area contributed by atoms with E-state index in [9.17, 15) is 4.79 Å². The fraction of sp³-hybridized carbons (Fsp3) is 0.280. The first-order chi connectivity index (χ1) is 16.1. The Hall–Kier alpha value is -3.78. The summed E-state index contributed by atoms with van der Waals surface area (Å²) >= 11 is 0. The van der Waals surface area contributed by atoms with Crippen LogP contribution in [0.3, 0.4) is 0 Å². The number of nitrogens with zero attached hydrogens (tertiary/aromatic N) is 2. The van der Waals surface area contributed by atoms with Gasteiger partial charge in [0.05, 0.1) is 26.7 Å². The molecule has 4 N–H and O–H groups in total. The summed E-state index contributed by atoms with van der Waals surface area (Å²) in [6.07, 6.45) is 1.79. The Morgan fingerprint density at radius 3 is 2.61 bits per heavy atom. The fourth-order valence-electron chi connectivity index (χ4n) is 3.81. The molecule has 4 rings (SSSR count). The zero-order valence-corrected chi connectivity index (χ0v) is 18.7. The van der Waals surface area contributed by atoms with Crippen molar-refractivity contribution in [1.29, 1.82) is 0 Å². The third-order valence-electron chi connectivity index (χ3n) is 5.53. The molecule has 0 bridgehead atoms. The summed E-state index contributed by atoms with van der Waals surface area (Å²) < 4.78 is 10.9. The van der Waals surface area contributed by atoms with Gasteiger partial charge in [-0.3, -0.25) is 4.79 Å². The first-order valence-corrected chi connectivity index (χ1v) is 10.9. The van der Waals surface area contributed by atoms with Crippen molar-refractivity contribution in [3.8, 4) is 5.75 Å². The van der Waals surface area contributed by atoms with Crippen molar-refractivity contribution in [2.45, 2.75) is 13.0 Å². The molecule has 0 radical (unpaired) electrons. The zero-order valence-electron chi connectivity index (χ0n) is 18.7. The molecule has 172 valence electrons. The average Bonchev–Trinajstić information content (AvgIpc) is 2.85. The molecule has 2 aromatic carbocycles. The number of nitrogens with two attached hydrogens (primary N) is 1. The molecule has 0 saturated carbocycles. The van der Waals surface area contributed by atoms with Gasteiger partial charge in [-0.2, -0.15) is 0 Å². The minimum Gasteiger partial charge on any atom is -0.496 e. The van der Waals surface area contributed by atoms with Crippen molar-refractivity contribution in [1.82, 2.24) is 4.98 Å². The number of hydrogen-bond acceptors (Lipinski definition) is 7. The number of hydrogen-bond donors (Lipinski definition) is 3. The largest absolute Gasteiger partial charge is 0.496 e. The number of carbonyl (C=O) groups excluding carboxylic acids is 1. The lowest BCUT2D eigenvalue weighted by atomic mass is 10.1. The molecule has 2 heterocycles. The maximum absolute atomic E-state index is 11.6. The van der Waals surface area contributed by atoms with E-state index in [1.807, 2.05) is 42.5 Å². The maximum atomic E-state index is 11.6. The van der Waals surface area contributed by atoms with Crippen LogP contribution in [0.5, 0.6) is 5.75 Å². The lowest BCUT2D eigenvalue weighted by Crippen LogP contribution is -2.36. The first-order valence-electron chi connectivity index (χ1n) is 10.9. The summed E-state index contributed by atoms with van der Waals surface area (Å²) in [5.74, 6) is 1.07. The van der Waals surface area contributed by atoms with Gasteiger partial charge in [-0.15, -0.1) is 0 Å². The van der Waals surface area contributed by atoms with Crippen molar-refractivity contribution in [3.63, 3.8) is 0 Å². The third kappa shape index (κ3) is 5.93. The standard InChI is InChI=1S/C25H29N5O3/c1-32-23-5-3-2-4-18(23)16-27-22-15-25(28-17-19(22)14-24(26)31)29-20-6-8-21(9-7-20)30-10-12-33-13-11-30/h2-9,15,17H,10-14,16H2,1H3,(H2,26,31)(H2,27,28,29). The van der Waals surface area contributed by atoms with Crippen molar-refractivity contribution in [3.05, 3.63) is 71.9 Å². The highest BCUT2D eigenvalue weighted by Crippen LogP contribution is 2.26. The highest BCUT2D eigenvalue weighted by atomic mass is 16.5. The van der Waals surface area contributed by atoms with Gasteiger partial charge in [0.2, 0.25) is 5.91 Å². The molecular formula is C25H29N5O3. The second-order valence-electron chi connectivity index (χ2n) is 7.81. The average molecular weight is 448 g/mol. The predicted molar refractivity (Wildman–Crippen MR) is 130 cm³/mol. The van der Waals surface area contributed by atoms with Crippen LogP contribution in [-0.2, 0) is 22.5 Å². The number of carbonyl (C=O) groups is 1. The van der Waals surface area contributed by atoms with Gasteiger partial charge < -0.3 is 30.7 Å². The van der Waals surface area contributed by atoms with Crippen LogP contribution in [0.2, 0.25) is 0 Å². The minimum absolute atomic E-state index is 0.107. The van der Waals surface area contributed by atoms with Crippen molar-refractivity contribution < 1.29 is 14.3 Å². The Kier molecular flexibility index (Phi) is 7.26. The fourth-order valence-corrected chi connectivity index (χ4v) is 3.81. The van der Waals surface area contributed by atoms with Gasteiger partial charge in [0.1, 0.15) is 11.6 Å². The molecular weight excluding hydrogens is 418 g/mol. The van der Waals surface area contributed by atoms with Gasteiger partial charge in [0.25, 0.3) is 0 Å². The van der Waals surface area contributed by atoms with Gasteiger partial charge in [-0.25, -0.2) is 4.98 Å². The number of primary amides is 1. The lowest BCUT2D eigenvalue weighted by molar-refractivity contribution is -0.117. The van der Waals surface area contributed by atoms with Crippen LogP contribution in [-0.4, -0.2) is 44.3 Å². The van der Waals surface area contributed by atoms with Crippen molar-refractivity contribution in [2.75, 3.05) is 48.9 Å². The van der Waals surface area contributed by atoms with E-state index in [0.717, 1.165) is 54.6 Å². The Labute approximate surface area is 193 Å². The lowest BCUT2D eigenvalue weighted by Gasteiger charge is -2.28. The van der Waals surface area contributed by atoms with Crippen molar-refractivity contribution >= 4 is 28.8 Å². The Morgan fingerprint density at radius 2 is 1.88 bits per heavy atom. The number of methoxy groups -OCH3 is 1. The number of nitrogens with one attached hydrogen (secondary N) is 2. The summed E-state index contributed by atoms with van der Waals surface area (Å²) in [4.78, 5) is 18.3. The van der Waals surface area contributed by atoms with Crippen LogP contribution in [0.4, 0.5) is 22.9 Å². The van der Waals surface area contributed by atoms with Crippen LogP contribution in [0, 0.1) is 0 Å². The monoisotopic (exact) mass is 447 g/mol. The predicted octanol–water partition coefficient (Wildman–Crippen LogP) is 3.31. The van der Waals surface area contributed by atoms with E-state index >= 15 is 0 Å². The second-order valence-corrected chi connectivity index (χ2v) is 7.81. The molecule has 8 heteroatoms. The maximum Gasteiger partial charge on any atom is 0.221 e. The summed E-state index contributed by atoms with van der Waals surface area (Å²) in [7, 11) is 1.65. The van der Waals surface area contributed by atoms with Gasteiger partial charge in [-0.05, 0) is 30.3 Å². The Bertz CT molecular complexity index is 1080. The first kappa shape index (κ1) is 22.4. The Morgan fingerprint density at radius 1 is 1.12 bits per heavy atom. The van der Waals surface area contributed by atoms with Gasteiger partial charge in [0.15, 0.2) is 0 Å². The smallest absolute Gasteiger partial charge is 0.221 e. The number of para-hydroxylation sites is 1. The summed E-state index contributed by atoms with van der Waals surface area (Å²) in [5, 5.41) is 6.74. The van der Waals surface area contributed by atoms with Gasteiger partial charge in [0, 0.05) is 60.1 Å². The molecule has 1 aromatic heterocycles. The van der Waals surface area contributed by atoms with E-state index in [-0.39, 0.29) is 6.42 Å². The van der Waals surface area contributed by atoms with E-state index in [2.05, 4.69) is 32.7 Å². The Balaban J connectivity index is 1.49. The highest BCUT2D eigenvalue weighted by Gasteiger charge is 2.12. The van der Waals surface area contributed by atoms with Gasteiger partial charge >= 0.3 is 0 Å². The van der Waals surface area contributed by atoms with Crippen LogP contribution >= 0.6 is 0 Å². The zero-order chi connectivity index (χ0) is 23.0. The van der Waals surface area contributed by atoms with E-state index in [1.165, 1.54) is 5.69 Å². The molecule has 33 heavy (non-hydrogen) atoms. The van der Waals surface area contributed by atoms with E-state index in [1.54, 1.807) is 13.3 Å². The quantitative estimate of drug-likeness (QED) is 0.463. The number of rotatable bonds is 9. The SMILES string of the molecule is COc1ccccc1CNc1cc(Nc2ccc(N3CCOCC3)cc2)ncc1CC(N)=O. The topological polar surface area (TPSA) is 102 Å². The van der Waals surface area contributed by atoms with Crippen LogP contribution in [0.25, 0.3) is 0 Å². The van der Waals surface area contributed by atoms with Gasteiger partial charge in [-0.1, -0.05) is 18.2 Å². The number of ether oxygens (including phenoxy) is 2.